The van der Waals surface area contributed by atoms with Crippen molar-refractivity contribution in [2.75, 3.05) is 38.2 Å². The SMILES string of the molecule is CC1(C)Cc2c([nH]c3ccccc23)C(c2c(F)cc(NC3CN(CCCF)C3)cc2F)N1CC(F)F. The number of para-hydroxylation sites is 1. The van der Waals surface area contributed by atoms with E-state index in [4.69, 9.17) is 0 Å². The first kappa shape index (κ1) is 25.0. The number of hydrogen-bond donors (Lipinski definition) is 2. The lowest BCUT2D eigenvalue weighted by molar-refractivity contribution is 0.00319. The van der Waals surface area contributed by atoms with Gasteiger partial charge in [0.2, 0.25) is 0 Å². The molecule has 1 aromatic heterocycles. The monoisotopic (exact) mass is 506 g/mol. The topological polar surface area (TPSA) is 34.3 Å². The van der Waals surface area contributed by atoms with E-state index in [1.165, 1.54) is 17.0 Å². The molecule has 2 N–H and O–H groups in total. The highest BCUT2D eigenvalue weighted by Crippen LogP contribution is 2.46. The van der Waals surface area contributed by atoms with Crippen LogP contribution in [-0.4, -0.2) is 65.6 Å². The van der Waals surface area contributed by atoms with Gasteiger partial charge in [0.05, 0.1) is 25.3 Å². The zero-order valence-electron chi connectivity index (χ0n) is 20.4. The van der Waals surface area contributed by atoms with Crippen LogP contribution in [0.2, 0.25) is 0 Å². The van der Waals surface area contributed by atoms with Crippen LogP contribution in [0.4, 0.5) is 27.6 Å². The fourth-order valence-corrected chi connectivity index (χ4v) is 5.78. The van der Waals surface area contributed by atoms with Crippen molar-refractivity contribution in [1.82, 2.24) is 14.8 Å². The summed E-state index contributed by atoms with van der Waals surface area (Å²) in [5.41, 5.74) is 1.57. The average molecular weight is 507 g/mol. The number of rotatable bonds is 8. The number of nitrogens with one attached hydrogen (secondary N) is 2. The Morgan fingerprint density at radius 2 is 1.81 bits per heavy atom. The maximum absolute atomic E-state index is 15.7. The summed E-state index contributed by atoms with van der Waals surface area (Å²) >= 11 is 0. The molecule has 1 saturated heterocycles. The molecule has 194 valence electrons. The van der Waals surface area contributed by atoms with Crippen molar-refractivity contribution in [2.45, 2.75) is 50.7 Å². The Kier molecular flexibility index (Phi) is 6.72. The van der Waals surface area contributed by atoms with Crippen LogP contribution in [0.3, 0.4) is 0 Å². The Hall–Kier alpha value is -2.65. The third-order valence-electron chi connectivity index (χ3n) is 7.44. The number of H-pyrrole nitrogens is 1. The molecule has 5 rings (SSSR count). The first-order chi connectivity index (χ1) is 17.2. The van der Waals surface area contributed by atoms with Crippen molar-refractivity contribution in [3.05, 3.63) is 64.9 Å². The largest absolute Gasteiger partial charge is 0.380 e. The van der Waals surface area contributed by atoms with Gasteiger partial charge in [-0.25, -0.2) is 17.6 Å². The standard InChI is InChI=1S/C27H31F5N4/c1-27(2)12-19-18-6-3-4-7-22(18)34-25(19)26(36(27)15-23(31)32)24-20(29)10-16(11-21(24)30)33-17-13-35(14-17)9-5-8-28/h3-4,6-7,10-11,17,23,26,33-34H,5,8-9,12-15H2,1-2H3. The van der Waals surface area contributed by atoms with Crippen molar-refractivity contribution in [2.24, 2.45) is 0 Å². The highest BCUT2D eigenvalue weighted by molar-refractivity contribution is 5.85. The number of nitrogens with zero attached hydrogens (tertiary/aromatic N) is 2. The molecular weight excluding hydrogens is 475 g/mol. The smallest absolute Gasteiger partial charge is 0.251 e. The highest BCUT2D eigenvalue weighted by atomic mass is 19.3. The fraction of sp³-hybridized carbons (Fsp3) is 0.481. The van der Waals surface area contributed by atoms with Crippen molar-refractivity contribution < 1.29 is 22.0 Å². The van der Waals surface area contributed by atoms with E-state index >= 15 is 8.78 Å². The summed E-state index contributed by atoms with van der Waals surface area (Å²) in [6, 6.07) is 9.05. The quantitative estimate of drug-likeness (QED) is 0.374. The van der Waals surface area contributed by atoms with Crippen LogP contribution in [0.25, 0.3) is 10.9 Å². The summed E-state index contributed by atoms with van der Waals surface area (Å²) in [4.78, 5) is 6.86. The Morgan fingerprint density at radius 3 is 2.47 bits per heavy atom. The van der Waals surface area contributed by atoms with Gasteiger partial charge >= 0.3 is 0 Å². The van der Waals surface area contributed by atoms with E-state index in [9.17, 15) is 13.2 Å². The van der Waals surface area contributed by atoms with Crippen LogP contribution in [0.5, 0.6) is 0 Å². The van der Waals surface area contributed by atoms with Gasteiger partial charge in [0, 0.05) is 53.0 Å². The number of anilines is 1. The highest BCUT2D eigenvalue weighted by Gasteiger charge is 2.45. The molecule has 0 bridgehead atoms. The van der Waals surface area contributed by atoms with Crippen molar-refractivity contribution in [3.8, 4) is 0 Å². The molecular formula is C27H31F5N4. The lowest BCUT2D eigenvalue weighted by Gasteiger charge is -2.47. The van der Waals surface area contributed by atoms with Gasteiger partial charge in [-0.15, -0.1) is 0 Å². The molecule has 4 nitrogen and oxygen atoms in total. The van der Waals surface area contributed by atoms with E-state index in [0.29, 0.717) is 43.9 Å². The Balaban J connectivity index is 1.51. The molecule has 3 aromatic rings. The lowest BCUT2D eigenvalue weighted by atomic mass is 9.81. The molecule has 3 heterocycles. The predicted octanol–water partition coefficient (Wildman–Crippen LogP) is 5.89. The number of likely N-dealkylation sites (tertiary alicyclic amines) is 1. The van der Waals surface area contributed by atoms with Crippen LogP contribution >= 0.6 is 0 Å². The van der Waals surface area contributed by atoms with Gasteiger partial charge in [-0.1, -0.05) is 18.2 Å². The Labute approximate surface area is 207 Å². The molecule has 0 spiro atoms. The van der Waals surface area contributed by atoms with Gasteiger partial charge in [0.25, 0.3) is 6.43 Å². The van der Waals surface area contributed by atoms with Crippen molar-refractivity contribution >= 4 is 16.6 Å². The molecule has 0 amide bonds. The summed E-state index contributed by atoms with van der Waals surface area (Å²) in [6.45, 7) is 4.69. The molecule has 2 aliphatic heterocycles. The second-order valence-electron chi connectivity index (χ2n) is 10.5. The average Bonchev–Trinajstić information content (AvgIpc) is 3.13. The Bertz CT molecular complexity index is 1210. The van der Waals surface area contributed by atoms with E-state index in [2.05, 4.69) is 15.2 Å². The van der Waals surface area contributed by atoms with Crippen molar-refractivity contribution in [1.29, 1.82) is 0 Å². The van der Waals surface area contributed by atoms with Crippen LogP contribution < -0.4 is 5.32 Å². The van der Waals surface area contributed by atoms with E-state index < -0.39 is 36.2 Å². The third-order valence-corrected chi connectivity index (χ3v) is 7.44. The number of aromatic amines is 1. The van der Waals surface area contributed by atoms with Gasteiger partial charge in [-0.2, -0.15) is 0 Å². The zero-order chi connectivity index (χ0) is 25.6. The molecule has 1 fully saturated rings. The third kappa shape index (κ3) is 4.59. The van der Waals surface area contributed by atoms with Crippen LogP contribution in [-0.2, 0) is 6.42 Å². The Morgan fingerprint density at radius 1 is 1.11 bits per heavy atom. The summed E-state index contributed by atoms with van der Waals surface area (Å²) in [5, 5.41) is 4.07. The fourth-order valence-electron chi connectivity index (χ4n) is 5.78. The minimum atomic E-state index is -2.66. The maximum Gasteiger partial charge on any atom is 0.251 e. The summed E-state index contributed by atoms with van der Waals surface area (Å²) in [5.74, 6) is -1.56. The summed E-state index contributed by atoms with van der Waals surface area (Å²) < 4.78 is 71.1. The van der Waals surface area contributed by atoms with Crippen LogP contribution in [0, 0.1) is 11.6 Å². The molecule has 9 heteroatoms. The van der Waals surface area contributed by atoms with Gasteiger partial charge in [0.15, 0.2) is 0 Å². The van der Waals surface area contributed by atoms with E-state index in [1.54, 1.807) is 0 Å². The number of aromatic nitrogens is 1. The lowest BCUT2D eigenvalue weighted by Crippen LogP contribution is -2.54. The number of alkyl halides is 3. The molecule has 0 radical (unpaired) electrons. The summed E-state index contributed by atoms with van der Waals surface area (Å²) in [6.07, 6.45) is -1.73. The zero-order valence-corrected chi connectivity index (χ0v) is 20.4. The van der Waals surface area contributed by atoms with E-state index in [-0.39, 0.29) is 18.3 Å². The van der Waals surface area contributed by atoms with Crippen LogP contribution in [0.1, 0.15) is 43.1 Å². The first-order valence-corrected chi connectivity index (χ1v) is 12.4. The van der Waals surface area contributed by atoms with Gasteiger partial charge < -0.3 is 10.3 Å². The summed E-state index contributed by atoms with van der Waals surface area (Å²) in [7, 11) is 0. The molecule has 0 saturated carbocycles. The maximum atomic E-state index is 15.7. The molecule has 0 aliphatic carbocycles. The second-order valence-corrected chi connectivity index (χ2v) is 10.5. The number of fused-ring (bicyclic) bond motifs is 3. The predicted molar refractivity (Wildman–Crippen MR) is 131 cm³/mol. The first-order valence-electron chi connectivity index (χ1n) is 12.4. The molecule has 1 unspecified atom stereocenters. The van der Waals surface area contributed by atoms with Gasteiger partial charge in [-0.3, -0.25) is 14.2 Å². The van der Waals surface area contributed by atoms with E-state index in [0.717, 1.165) is 16.5 Å². The van der Waals surface area contributed by atoms with Gasteiger partial charge in [-0.05, 0) is 50.5 Å². The second kappa shape index (κ2) is 9.67. The molecule has 1 atom stereocenters. The number of hydrogen-bond acceptors (Lipinski definition) is 3. The van der Waals surface area contributed by atoms with Crippen LogP contribution in [0.15, 0.2) is 36.4 Å². The molecule has 2 aliphatic rings. The molecule has 2 aromatic carbocycles. The number of benzene rings is 2. The minimum Gasteiger partial charge on any atom is -0.380 e. The minimum absolute atomic E-state index is 0.0125. The normalized spacial score (nSPS) is 20.6. The van der Waals surface area contributed by atoms with Gasteiger partial charge in [0.1, 0.15) is 11.6 Å². The molecule has 36 heavy (non-hydrogen) atoms. The number of halogens is 5. The van der Waals surface area contributed by atoms with E-state index in [1.807, 2.05) is 38.1 Å². The van der Waals surface area contributed by atoms with Crippen molar-refractivity contribution in [3.63, 3.8) is 0 Å².